The molecule has 0 aromatic carbocycles. The Hall–Kier alpha value is -1.98. The zero-order chi connectivity index (χ0) is 13.4. The van der Waals surface area contributed by atoms with E-state index in [1.165, 1.54) is 6.20 Å². The van der Waals surface area contributed by atoms with E-state index in [1.54, 1.807) is 22.8 Å². The third-order valence-electron chi connectivity index (χ3n) is 3.53. The third-order valence-corrected chi connectivity index (χ3v) is 3.53. The van der Waals surface area contributed by atoms with Gasteiger partial charge in [0.15, 0.2) is 0 Å². The molecule has 2 fully saturated rings. The minimum Gasteiger partial charge on any atom is -0.323 e. The van der Waals surface area contributed by atoms with Crippen molar-refractivity contribution in [1.82, 2.24) is 20.0 Å². The molecule has 1 aliphatic carbocycles. The molecule has 3 rings (SSSR count). The highest BCUT2D eigenvalue weighted by Crippen LogP contribution is 2.31. The minimum atomic E-state index is -0.0795. The van der Waals surface area contributed by atoms with E-state index >= 15 is 0 Å². The quantitative estimate of drug-likeness (QED) is 0.773. The lowest BCUT2D eigenvalue weighted by atomic mass is 10.2. The number of carbonyl (C=O) groups excluding carboxylic acids is 2. The first-order valence-electron chi connectivity index (χ1n) is 6.52. The van der Waals surface area contributed by atoms with Gasteiger partial charge in [-0.3, -0.25) is 9.59 Å². The molecule has 1 aliphatic heterocycles. The van der Waals surface area contributed by atoms with E-state index in [2.05, 4.69) is 10.2 Å². The number of nitrogens with zero attached hydrogens (tertiary/aromatic N) is 4. The van der Waals surface area contributed by atoms with Crippen molar-refractivity contribution in [3.8, 4) is 0 Å². The van der Waals surface area contributed by atoms with Gasteiger partial charge in [-0.15, -0.1) is 0 Å². The lowest BCUT2D eigenvalue weighted by Crippen LogP contribution is -2.34. The Kier molecular flexibility index (Phi) is 2.93. The molecule has 1 aromatic heterocycles. The number of rotatable bonds is 2. The van der Waals surface area contributed by atoms with Crippen LogP contribution in [0, 0.1) is 12.8 Å². The van der Waals surface area contributed by atoms with E-state index in [-0.39, 0.29) is 17.7 Å². The van der Waals surface area contributed by atoms with E-state index in [0.717, 1.165) is 18.5 Å². The van der Waals surface area contributed by atoms with Crippen LogP contribution in [0.1, 0.15) is 28.9 Å². The first-order chi connectivity index (χ1) is 9.15. The molecule has 6 heteroatoms. The second-order valence-electron chi connectivity index (χ2n) is 5.17. The van der Waals surface area contributed by atoms with Crippen LogP contribution in [-0.2, 0) is 4.79 Å². The van der Waals surface area contributed by atoms with Gasteiger partial charge in [-0.05, 0) is 25.8 Å². The Balaban J connectivity index is 1.67. The Morgan fingerprint density at radius 1 is 1.26 bits per heavy atom. The van der Waals surface area contributed by atoms with Crippen molar-refractivity contribution in [2.45, 2.75) is 19.8 Å². The molecule has 2 amide bonds. The molecule has 0 atom stereocenters. The van der Waals surface area contributed by atoms with Crippen LogP contribution < -0.4 is 0 Å². The average Bonchev–Trinajstić information content (AvgIpc) is 3.14. The summed E-state index contributed by atoms with van der Waals surface area (Å²) in [6, 6.07) is 1.72. The molecular weight excluding hydrogens is 244 g/mol. The van der Waals surface area contributed by atoms with Crippen molar-refractivity contribution in [1.29, 1.82) is 0 Å². The van der Waals surface area contributed by atoms with Crippen LogP contribution in [0.3, 0.4) is 0 Å². The first kappa shape index (κ1) is 12.1. The topological polar surface area (TPSA) is 66.4 Å². The second kappa shape index (κ2) is 4.60. The van der Waals surface area contributed by atoms with E-state index in [9.17, 15) is 9.59 Å². The summed E-state index contributed by atoms with van der Waals surface area (Å²) >= 11 is 0. The van der Waals surface area contributed by atoms with Crippen molar-refractivity contribution in [3.63, 3.8) is 0 Å². The molecular formula is C13H16N4O2. The zero-order valence-corrected chi connectivity index (χ0v) is 10.9. The van der Waals surface area contributed by atoms with Crippen LogP contribution in [0.2, 0.25) is 0 Å². The highest BCUT2D eigenvalue weighted by Gasteiger charge is 2.37. The van der Waals surface area contributed by atoms with Gasteiger partial charge in [-0.25, -0.2) is 0 Å². The largest absolute Gasteiger partial charge is 0.323 e. The van der Waals surface area contributed by atoms with E-state index in [0.29, 0.717) is 25.3 Å². The molecule has 0 spiro atoms. The van der Waals surface area contributed by atoms with E-state index in [4.69, 9.17) is 0 Å². The Labute approximate surface area is 111 Å². The fourth-order valence-corrected chi connectivity index (χ4v) is 2.30. The predicted molar refractivity (Wildman–Crippen MR) is 67.1 cm³/mol. The summed E-state index contributed by atoms with van der Waals surface area (Å²) < 4.78 is 0. The van der Waals surface area contributed by atoms with Gasteiger partial charge in [-0.2, -0.15) is 10.2 Å². The molecule has 1 saturated heterocycles. The van der Waals surface area contributed by atoms with E-state index in [1.807, 2.05) is 0 Å². The summed E-state index contributed by atoms with van der Waals surface area (Å²) in [5, 5.41) is 7.63. The second-order valence-corrected chi connectivity index (χ2v) is 5.17. The maximum absolute atomic E-state index is 12.3. The van der Waals surface area contributed by atoms with Crippen molar-refractivity contribution in [2.75, 3.05) is 19.8 Å². The number of aryl methyl sites for hydroxylation is 1. The summed E-state index contributed by atoms with van der Waals surface area (Å²) in [7, 11) is 0. The Bertz CT molecular complexity index is 527. The fourth-order valence-electron chi connectivity index (χ4n) is 2.30. The van der Waals surface area contributed by atoms with Gasteiger partial charge in [0.2, 0.25) is 5.91 Å². The van der Waals surface area contributed by atoms with Crippen LogP contribution in [0.4, 0.5) is 0 Å². The number of hydrogen-bond donors (Lipinski definition) is 0. The summed E-state index contributed by atoms with van der Waals surface area (Å²) in [6.45, 7) is 3.43. The molecule has 1 aromatic rings. The Morgan fingerprint density at radius 2 is 2.00 bits per heavy atom. The average molecular weight is 260 g/mol. The van der Waals surface area contributed by atoms with Gasteiger partial charge in [-0.1, -0.05) is 0 Å². The number of carbonyl (C=O) groups is 2. The zero-order valence-electron chi connectivity index (χ0n) is 10.9. The lowest BCUT2D eigenvalue weighted by Gasteiger charge is -2.18. The maximum atomic E-state index is 12.3. The molecule has 2 aliphatic rings. The summed E-state index contributed by atoms with van der Waals surface area (Å²) in [5.41, 5.74) is 1.25. The monoisotopic (exact) mass is 260 g/mol. The highest BCUT2D eigenvalue weighted by molar-refractivity contribution is 5.94. The first-order valence-corrected chi connectivity index (χ1v) is 6.52. The SMILES string of the molecule is Cc1cc(C(=O)N2CCN(C(=O)C3CC3)C2)cnn1. The molecule has 0 bridgehead atoms. The van der Waals surface area contributed by atoms with Crippen LogP contribution >= 0.6 is 0 Å². The number of hydrogen-bond acceptors (Lipinski definition) is 4. The van der Waals surface area contributed by atoms with Gasteiger partial charge in [0.05, 0.1) is 24.1 Å². The lowest BCUT2D eigenvalue weighted by molar-refractivity contribution is -0.131. The predicted octanol–water partition coefficient (Wildman–Crippen LogP) is 0.437. The highest BCUT2D eigenvalue weighted by atomic mass is 16.2. The van der Waals surface area contributed by atoms with Gasteiger partial charge in [0.25, 0.3) is 5.91 Å². The van der Waals surface area contributed by atoms with Crippen LogP contribution in [0.15, 0.2) is 12.3 Å². The third kappa shape index (κ3) is 2.43. The van der Waals surface area contributed by atoms with Gasteiger partial charge in [0.1, 0.15) is 0 Å². The molecule has 6 nitrogen and oxygen atoms in total. The standard InChI is InChI=1S/C13H16N4O2/c1-9-6-11(7-14-15-9)13(19)17-5-4-16(8-17)12(18)10-2-3-10/h6-7,10H,2-5,8H2,1H3. The molecule has 1 saturated carbocycles. The number of amides is 2. The summed E-state index contributed by atoms with van der Waals surface area (Å²) in [4.78, 5) is 27.7. The maximum Gasteiger partial charge on any atom is 0.257 e. The summed E-state index contributed by atoms with van der Waals surface area (Å²) in [5.74, 6) is 0.323. The molecule has 0 radical (unpaired) electrons. The molecule has 19 heavy (non-hydrogen) atoms. The van der Waals surface area contributed by atoms with Crippen molar-refractivity contribution < 1.29 is 9.59 Å². The van der Waals surface area contributed by atoms with Gasteiger partial charge >= 0.3 is 0 Å². The van der Waals surface area contributed by atoms with Crippen LogP contribution in [0.5, 0.6) is 0 Å². The van der Waals surface area contributed by atoms with Crippen LogP contribution in [-0.4, -0.2) is 51.6 Å². The normalized spacial score (nSPS) is 18.8. The summed E-state index contributed by atoms with van der Waals surface area (Å²) in [6.07, 6.45) is 3.47. The molecule has 100 valence electrons. The van der Waals surface area contributed by atoms with Crippen molar-refractivity contribution in [2.24, 2.45) is 5.92 Å². The molecule has 2 heterocycles. The van der Waals surface area contributed by atoms with Gasteiger partial charge < -0.3 is 9.80 Å². The molecule has 0 unspecified atom stereocenters. The van der Waals surface area contributed by atoms with Crippen molar-refractivity contribution >= 4 is 11.8 Å². The van der Waals surface area contributed by atoms with Crippen LogP contribution in [0.25, 0.3) is 0 Å². The molecule has 0 N–H and O–H groups in total. The smallest absolute Gasteiger partial charge is 0.257 e. The Morgan fingerprint density at radius 3 is 2.68 bits per heavy atom. The van der Waals surface area contributed by atoms with Crippen molar-refractivity contribution in [3.05, 3.63) is 23.5 Å². The fraction of sp³-hybridized carbons (Fsp3) is 0.538. The van der Waals surface area contributed by atoms with E-state index < -0.39 is 0 Å². The van der Waals surface area contributed by atoms with Gasteiger partial charge in [0, 0.05) is 19.0 Å². The number of aromatic nitrogens is 2. The minimum absolute atomic E-state index is 0.0795.